The van der Waals surface area contributed by atoms with Crippen LogP contribution in [0.5, 0.6) is 0 Å². The van der Waals surface area contributed by atoms with E-state index in [0.29, 0.717) is 11.4 Å². The Labute approximate surface area is 93.9 Å². The van der Waals surface area contributed by atoms with Gasteiger partial charge in [0.15, 0.2) is 0 Å². The molecule has 0 saturated carbocycles. The van der Waals surface area contributed by atoms with Gasteiger partial charge in [0, 0.05) is 11.1 Å². The number of carboxylic acids is 1. The van der Waals surface area contributed by atoms with Crippen molar-refractivity contribution in [2.45, 2.75) is 19.4 Å². The molecule has 1 aromatic rings. The van der Waals surface area contributed by atoms with Crippen LogP contribution in [0.15, 0.2) is 24.3 Å². The highest BCUT2D eigenvalue weighted by atomic mass is 35.5. The van der Waals surface area contributed by atoms with Crippen molar-refractivity contribution in [2.75, 3.05) is 0 Å². The summed E-state index contributed by atoms with van der Waals surface area (Å²) < 4.78 is 0. The van der Waals surface area contributed by atoms with E-state index in [2.05, 4.69) is 0 Å². The van der Waals surface area contributed by atoms with Gasteiger partial charge in [-0.1, -0.05) is 30.7 Å². The molecule has 0 bridgehead atoms. The maximum atomic E-state index is 10.6. The zero-order valence-electron chi connectivity index (χ0n) is 8.48. The molecular formula is C11H14ClNO2. The van der Waals surface area contributed by atoms with Crippen molar-refractivity contribution in [1.82, 2.24) is 0 Å². The van der Waals surface area contributed by atoms with Gasteiger partial charge in [0.05, 0.1) is 5.92 Å². The summed E-state index contributed by atoms with van der Waals surface area (Å²) in [4.78, 5) is 10.6. The average Bonchev–Trinajstić information content (AvgIpc) is 2.18. The second-order valence-electron chi connectivity index (χ2n) is 3.63. The van der Waals surface area contributed by atoms with E-state index in [1.165, 1.54) is 0 Å². The Balaban J connectivity index is 2.64. The molecule has 2 atom stereocenters. The van der Waals surface area contributed by atoms with Crippen LogP contribution in [0.4, 0.5) is 0 Å². The smallest absolute Gasteiger partial charge is 0.306 e. The predicted molar refractivity (Wildman–Crippen MR) is 59.8 cm³/mol. The molecule has 4 heteroatoms. The van der Waals surface area contributed by atoms with Crippen LogP contribution >= 0.6 is 11.6 Å². The molecule has 1 rings (SSSR count). The number of halogens is 1. The topological polar surface area (TPSA) is 63.3 Å². The minimum atomic E-state index is -0.820. The molecule has 82 valence electrons. The van der Waals surface area contributed by atoms with E-state index < -0.39 is 11.9 Å². The summed E-state index contributed by atoms with van der Waals surface area (Å²) >= 11 is 5.74. The van der Waals surface area contributed by atoms with Crippen molar-refractivity contribution in [2.24, 2.45) is 11.7 Å². The Morgan fingerprint density at radius 2 is 2.00 bits per heavy atom. The van der Waals surface area contributed by atoms with Crippen LogP contribution in [0.3, 0.4) is 0 Å². The maximum Gasteiger partial charge on any atom is 0.306 e. The number of nitrogens with two attached hydrogens (primary N) is 1. The van der Waals surface area contributed by atoms with E-state index in [1.807, 2.05) is 12.1 Å². The van der Waals surface area contributed by atoms with E-state index in [-0.39, 0.29) is 6.04 Å². The Morgan fingerprint density at radius 3 is 2.47 bits per heavy atom. The molecule has 0 heterocycles. The number of benzene rings is 1. The number of rotatable bonds is 4. The van der Waals surface area contributed by atoms with Crippen LogP contribution in [0, 0.1) is 5.92 Å². The SMILES string of the molecule is CC(CC(N)c1ccc(Cl)cc1)C(=O)O. The van der Waals surface area contributed by atoms with Gasteiger partial charge in [-0.3, -0.25) is 4.79 Å². The standard InChI is InChI=1S/C11H14ClNO2/c1-7(11(14)15)6-10(13)8-2-4-9(12)5-3-8/h2-5,7,10H,6,13H2,1H3,(H,14,15). The van der Waals surface area contributed by atoms with E-state index in [4.69, 9.17) is 22.4 Å². The Morgan fingerprint density at radius 1 is 1.47 bits per heavy atom. The van der Waals surface area contributed by atoms with Gasteiger partial charge in [-0.15, -0.1) is 0 Å². The molecule has 2 unspecified atom stereocenters. The first-order chi connectivity index (χ1) is 7.00. The molecule has 0 radical (unpaired) electrons. The summed E-state index contributed by atoms with van der Waals surface area (Å²) in [5.41, 5.74) is 6.79. The highest BCUT2D eigenvalue weighted by Gasteiger charge is 2.16. The Bertz CT molecular complexity index is 337. The molecule has 0 aromatic heterocycles. The van der Waals surface area contributed by atoms with E-state index in [0.717, 1.165) is 5.56 Å². The van der Waals surface area contributed by atoms with Crippen molar-refractivity contribution < 1.29 is 9.90 Å². The second-order valence-corrected chi connectivity index (χ2v) is 4.07. The van der Waals surface area contributed by atoms with Gasteiger partial charge in [0.1, 0.15) is 0 Å². The number of carboxylic acid groups (broad SMARTS) is 1. The summed E-state index contributed by atoms with van der Waals surface area (Å²) in [5, 5.41) is 9.40. The summed E-state index contributed by atoms with van der Waals surface area (Å²) in [5.74, 6) is -1.25. The zero-order chi connectivity index (χ0) is 11.4. The molecule has 3 nitrogen and oxygen atoms in total. The lowest BCUT2D eigenvalue weighted by atomic mass is 9.97. The first-order valence-corrected chi connectivity index (χ1v) is 5.12. The van der Waals surface area contributed by atoms with Crippen molar-refractivity contribution in [3.63, 3.8) is 0 Å². The van der Waals surface area contributed by atoms with E-state index in [9.17, 15) is 4.79 Å². The fourth-order valence-corrected chi connectivity index (χ4v) is 1.45. The lowest BCUT2D eigenvalue weighted by molar-refractivity contribution is -0.141. The predicted octanol–water partition coefficient (Wildman–Crippen LogP) is 2.45. The first-order valence-electron chi connectivity index (χ1n) is 4.74. The van der Waals surface area contributed by atoms with Gasteiger partial charge in [0.25, 0.3) is 0 Å². The Kier molecular flexibility index (Phi) is 4.12. The summed E-state index contributed by atoms with van der Waals surface area (Å²) in [7, 11) is 0. The lowest BCUT2D eigenvalue weighted by Gasteiger charge is -2.14. The molecule has 0 amide bonds. The minimum absolute atomic E-state index is 0.256. The van der Waals surface area contributed by atoms with Crippen molar-refractivity contribution in [3.8, 4) is 0 Å². The van der Waals surface area contributed by atoms with Gasteiger partial charge in [-0.05, 0) is 24.1 Å². The summed E-state index contributed by atoms with van der Waals surface area (Å²) in [6, 6.07) is 6.89. The third-order valence-electron chi connectivity index (χ3n) is 2.33. The van der Waals surface area contributed by atoms with Gasteiger partial charge in [0.2, 0.25) is 0 Å². The molecule has 3 N–H and O–H groups in total. The highest BCUT2D eigenvalue weighted by molar-refractivity contribution is 6.30. The first kappa shape index (κ1) is 12.0. The number of hydrogen-bond acceptors (Lipinski definition) is 2. The van der Waals surface area contributed by atoms with Crippen LogP contribution in [0.1, 0.15) is 24.9 Å². The Hall–Kier alpha value is -1.06. The lowest BCUT2D eigenvalue weighted by Crippen LogP contribution is -2.19. The number of carbonyl (C=O) groups is 1. The number of hydrogen-bond donors (Lipinski definition) is 2. The van der Waals surface area contributed by atoms with Crippen molar-refractivity contribution in [1.29, 1.82) is 0 Å². The largest absolute Gasteiger partial charge is 0.481 e. The molecule has 0 aliphatic carbocycles. The molecule has 1 aromatic carbocycles. The minimum Gasteiger partial charge on any atom is -0.481 e. The third-order valence-corrected chi connectivity index (χ3v) is 2.58. The van der Waals surface area contributed by atoms with Gasteiger partial charge < -0.3 is 10.8 Å². The summed E-state index contributed by atoms with van der Waals surface area (Å²) in [6.07, 6.45) is 0.428. The zero-order valence-corrected chi connectivity index (χ0v) is 9.24. The third kappa shape index (κ3) is 3.53. The molecule has 15 heavy (non-hydrogen) atoms. The molecule has 0 spiro atoms. The quantitative estimate of drug-likeness (QED) is 0.831. The maximum absolute atomic E-state index is 10.6. The monoisotopic (exact) mass is 227 g/mol. The van der Waals surface area contributed by atoms with Crippen molar-refractivity contribution >= 4 is 17.6 Å². The second kappa shape index (κ2) is 5.14. The fraction of sp³-hybridized carbons (Fsp3) is 0.364. The fourth-order valence-electron chi connectivity index (χ4n) is 1.33. The normalized spacial score (nSPS) is 14.6. The average molecular weight is 228 g/mol. The highest BCUT2D eigenvalue weighted by Crippen LogP contribution is 2.20. The molecule has 0 aliphatic rings. The van der Waals surface area contributed by atoms with E-state index in [1.54, 1.807) is 19.1 Å². The molecular weight excluding hydrogens is 214 g/mol. The van der Waals surface area contributed by atoms with Crippen LogP contribution in [0.2, 0.25) is 5.02 Å². The van der Waals surface area contributed by atoms with Gasteiger partial charge in [-0.2, -0.15) is 0 Å². The van der Waals surface area contributed by atoms with E-state index >= 15 is 0 Å². The van der Waals surface area contributed by atoms with Crippen LogP contribution in [0.25, 0.3) is 0 Å². The molecule has 0 fully saturated rings. The number of aliphatic carboxylic acids is 1. The van der Waals surface area contributed by atoms with Gasteiger partial charge >= 0.3 is 5.97 Å². The van der Waals surface area contributed by atoms with Crippen molar-refractivity contribution in [3.05, 3.63) is 34.9 Å². The summed E-state index contributed by atoms with van der Waals surface area (Å²) in [6.45, 7) is 1.65. The van der Waals surface area contributed by atoms with Crippen LogP contribution < -0.4 is 5.73 Å². The van der Waals surface area contributed by atoms with Gasteiger partial charge in [-0.25, -0.2) is 0 Å². The van der Waals surface area contributed by atoms with Crippen LogP contribution in [-0.4, -0.2) is 11.1 Å². The van der Waals surface area contributed by atoms with Crippen LogP contribution in [-0.2, 0) is 4.79 Å². The molecule has 0 aliphatic heterocycles. The molecule has 0 saturated heterocycles.